The molecular weight excluding hydrogens is 244 g/mol. The van der Waals surface area contributed by atoms with Gasteiger partial charge in [-0.2, -0.15) is 0 Å². The fraction of sp³-hybridized carbons (Fsp3) is 0.571. The number of hydrogen-bond donors (Lipinski definition) is 1. The van der Waals surface area contributed by atoms with Crippen molar-refractivity contribution in [1.82, 2.24) is 5.32 Å². The summed E-state index contributed by atoms with van der Waals surface area (Å²) >= 11 is 0. The molecule has 0 radical (unpaired) electrons. The fourth-order valence-corrected chi connectivity index (χ4v) is 2.12. The van der Waals surface area contributed by atoms with Crippen LogP contribution < -0.4 is 10.1 Å². The molecule has 1 aliphatic carbocycles. The average molecular weight is 264 g/mol. The van der Waals surface area contributed by atoms with Gasteiger partial charge in [-0.3, -0.25) is 10.1 Å². The van der Waals surface area contributed by atoms with Crippen molar-refractivity contribution in [3.8, 4) is 5.75 Å². The molecule has 1 aromatic carbocycles. The first-order valence-electron chi connectivity index (χ1n) is 6.83. The molecule has 2 rings (SSSR count). The lowest BCUT2D eigenvalue weighted by atomic mass is 9.83. The van der Waals surface area contributed by atoms with E-state index >= 15 is 0 Å². The number of non-ortho nitro benzene ring substituents is 1. The summed E-state index contributed by atoms with van der Waals surface area (Å²) in [5.74, 6) is 1.61. The normalized spacial score (nSPS) is 14.9. The number of nitrogens with zero attached hydrogens (tertiary/aromatic N) is 1. The van der Waals surface area contributed by atoms with Gasteiger partial charge in [0.05, 0.1) is 4.92 Å². The molecule has 0 aliphatic heterocycles. The Labute approximate surface area is 113 Å². The Hall–Kier alpha value is -1.62. The van der Waals surface area contributed by atoms with Crippen LogP contribution in [0, 0.1) is 16.0 Å². The molecule has 0 bridgehead atoms. The minimum atomic E-state index is -0.411. The van der Waals surface area contributed by atoms with Gasteiger partial charge in [0.1, 0.15) is 12.4 Å². The highest BCUT2D eigenvalue weighted by Gasteiger charge is 2.15. The molecule has 1 N–H and O–H groups in total. The zero-order valence-electron chi connectivity index (χ0n) is 11.0. The Morgan fingerprint density at radius 1 is 1.26 bits per heavy atom. The minimum absolute atomic E-state index is 0.0889. The molecule has 1 fully saturated rings. The number of rotatable bonds is 8. The van der Waals surface area contributed by atoms with Crippen molar-refractivity contribution in [1.29, 1.82) is 0 Å². The van der Waals surface area contributed by atoms with Crippen LogP contribution in [0.3, 0.4) is 0 Å². The Kier molecular flexibility index (Phi) is 5.15. The Bertz CT molecular complexity index is 402. The summed E-state index contributed by atoms with van der Waals surface area (Å²) in [6.07, 6.45) is 5.44. The lowest BCUT2D eigenvalue weighted by Gasteiger charge is -2.25. The third-order valence-electron chi connectivity index (χ3n) is 3.55. The lowest BCUT2D eigenvalue weighted by Crippen LogP contribution is -2.25. The Morgan fingerprint density at radius 3 is 2.58 bits per heavy atom. The molecular formula is C14H20N2O3. The summed E-state index contributed by atoms with van der Waals surface area (Å²) in [5, 5.41) is 13.8. The van der Waals surface area contributed by atoms with Gasteiger partial charge in [0.2, 0.25) is 0 Å². The standard InChI is InChI=1S/C14H20N2O3/c17-16(18)13-4-6-14(7-5-13)19-11-10-15-9-8-12-2-1-3-12/h4-7,12,15H,1-3,8-11H2. The molecule has 5 heteroatoms. The summed E-state index contributed by atoms with van der Waals surface area (Å²) in [5.41, 5.74) is 0.0889. The SMILES string of the molecule is O=[N+]([O-])c1ccc(OCCNCCC2CCC2)cc1. The third kappa shape index (κ3) is 4.52. The van der Waals surface area contributed by atoms with E-state index in [1.54, 1.807) is 12.1 Å². The predicted molar refractivity (Wildman–Crippen MR) is 73.4 cm³/mol. The van der Waals surface area contributed by atoms with Gasteiger partial charge in [-0.15, -0.1) is 0 Å². The van der Waals surface area contributed by atoms with E-state index in [0.717, 1.165) is 19.0 Å². The van der Waals surface area contributed by atoms with E-state index in [4.69, 9.17) is 4.74 Å². The van der Waals surface area contributed by atoms with Crippen LogP contribution in [-0.4, -0.2) is 24.6 Å². The maximum Gasteiger partial charge on any atom is 0.269 e. The van der Waals surface area contributed by atoms with Crippen molar-refractivity contribution < 1.29 is 9.66 Å². The van der Waals surface area contributed by atoms with E-state index in [1.807, 2.05) is 0 Å². The van der Waals surface area contributed by atoms with Crippen LogP contribution in [0.5, 0.6) is 5.75 Å². The molecule has 1 saturated carbocycles. The number of nitrogens with one attached hydrogen (secondary N) is 1. The summed E-state index contributed by atoms with van der Waals surface area (Å²) in [4.78, 5) is 10.1. The zero-order chi connectivity index (χ0) is 13.5. The molecule has 0 aromatic heterocycles. The summed E-state index contributed by atoms with van der Waals surface area (Å²) in [7, 11) is 0. The summed E-state index contributed by atoms with van der Waals surface area (Å²) < 4.78 is 5.50. The van der Waals surface area contributed by atoms with Gasteiger partial charge in [-0.25, -0.2) is 0 Å². The van der Waals surface area contributed by atoms with Crippen LogP contribution in [0.25, 0.3) is 0 Å². The number of nitro benzene ring substituents is 1. The molecule has 5 nitrogen and oxygen atoms in total. The number of ether oxygens (including phenoxy) is 1. The number of nitro groups is 1. The van der Waals surface area contributed by atoms with Crippen molar-refractivity contribution in [3.63, 3.8) is 0 Å². The molecule has 1 aromatic rings. The van der Waals surface area contributed by atoms with E-state index in [1.165, 1.54) is 37.8 Å². The van der Waals surface area contributed by atoms with E-state index in [0.29, 0.717) is 12.4 Å². The minimum Gasteiger partial charge on any atom is -0.492 e. The Balaban J connectivity index is 1.55. The molecule has 0 unspecified atom stereocenters. The third-order valence-corrected chi connectivity index (χ3v) is 3.55. The molecule has 0 heterocycles. The maximum atomic E-state index is 10.5. The van der Waals surface area contributed by atoms with Gasteiger partial charge in [-0.1, -0.05) is 19.3 Å². The van der Waals surface area contributed by atoms with Gasteiger partial charge in [0, 0.05) is 18.7 Å². The second-order valence-electron chi connectivity index (χ2n) is 4.94. The molecule has 0 atom stereocenters. The summed E-state index contributed by atoms with van der Waals surface area (Å²) in [6, 6.07) is 6.18. The lowest BCUT2D eigenvalue weighted by molar-refractivity contribution is -0.384. The van der Waals surface area contributed by atoms with Gasteiger partial charge in [0.25, 0.3) is 5.69 Å². The van der Waals surface area contributed by atoms with Crippen LogP contribution in [0.4, 0.5) is 5.69 Å². The van der Waals surface area contributed by atoms with E-state index in [-0.39, 0.29) is 5.69 Å². The van der Waals surface area contributed by atoms with Crippen molar-refractivity contribution in [2.24, 2.45) is 5.92 Å². The van der Waals surface area contributed by atoms with Crippen molar-refractivity contribution in [2.45, 2.75) is 25.7 Å². The topological polar surface area (TPSA) is 64.4 Å². The van der Waals surface area contributed by atoms with Gasteiger partial charge in [0.15, 0.2) is 0 Å². The monoisotopic (exact) mass is 264 g/mol. The van der Waals surface area contributed by atoms with E-state index in [2.05, 4.69) is 5.32 Å². The first-order chi connectivity index (χ1) is 9.25. The number of benzene rings is 1. The van der Waals surface area contributed by atoms with E-state index in [9.17, 15) is 10.1 Å². The second-order valence-corrected chi connectivity index (χ2v) is 4.94. The van der Waals surface area contributed by atoms with Gasteiger partial charge >= 0.3 is 0 Å². The quantitative estimate of drug-likeness (QED) is 0.445. The largest absolute Gasteiger partial charge is 0.492 e. The molecule has 0 spiro atoms. The second kappa shape index (κ2) is 7.09. The first kappa shape index (κ1) is 13.8. The van der Waals surface area contributed by atoms with Crippen LogP contribution in [0.2, 0.25) is 0 Å². The molecule has 0 saturated heterocycles. The predicted octanol–water partition coefficient (Wildman–Crippen LogP) is 2.75. The van der Waals surface area contributed by atoms with Crippen molar-refractivity contribution in [3.05, 3.63) is 34.4 Å². The highest BCUT2D eigenvalue weighted by Crippen LogP contribution is 2.28. The van der Waals surface area contributed by atoms with Gasteiger partial charge < -0.3 is 10.1 Å². The van der Waals surface area contributed by atoms with Gasteiger partial charge in [-0.05, 0) is 31.0 Å². The molecule has 1 aliphatic rings. The molecule has 0 amide bonds. The van der Waals surface area contributed by atoms with Crippen LogP contribution in [0.1, 0.15) is 25.7 Å². The van der Waals surface area contributed by atoms with Crippen LogP contribution >= 0.6 is 0 Å². The van der Waals surface area contributed by atoms with Crippen molar-refractivity contribution >= 4 is 5.69 Å². The zero-order valence-corrected chi connectivity index (χ0v) is 11.0. The fourth-order valence-electron chi connectivity index (χ4n) is 2.12. The van der Waals surface area contributed by atoms with E-state index < -0.39 is 4.92 Å². The van der Waals surface area contributed by atoms with Crippen molar-refractivity contribution in [2.75, 3.05) is 19.7 Å². The molecule has 19 heavy (non-hydrogen) atoms. The highest BCUT2D eigenvalue weighted by molar-refractivity contribution is 5.35. The molecule has 104 valence electrons. The maximum absolute atomic E-state index is 10.5. The van der Waals surface area contributed by atoms with Crippen LogP contribution in [0.15, 0.2) is 24.3 Å². The summed E-state index contributed by atoms with van der Waals surface area (Å²) in [6.45, 7) is 2.44. The average Bonchev–Trinajstić information content (AvgIpc) is 2.36. The highest BCUT2D eigenvalue weighted by atomic mass is 16.6. The number of hydrogen-bond acceptors (Lipinski definition) is 4. The smallest absolute Gasteiger partial charge is 0.269 e. The first-order valence-corrected chi connectivity index (χ1v) is 6.83. The van der Waals surface area contributed by atoms with Crippen LogP contribution in [-0.2, 0) is 0 Å². The Morgan fingerprint density at radius 2 is 2.00 bits per heavy atom.